The summed E-state index contributed by atoms with van der Waals surface area (Å²) >= 11 is 0. The molecule has 1 aliphatic rings. The summed E-state index contributed by atoms with van der Waals surface area (Å²) < 4.78 is 5.28. The van der Waals surface area contributed by atoms with E-state index >= 15 is 0 Å². The van der Waals surface area contributed by atoms with Crippen LogP contribution in [0.5, 0.6) is 0 Å². The predicted molar refractivity (Wildman–Crippen MR) is 55.2 cm³/mol. The molecule has 1 rings (SSSR count). The Morgan fingerprint density at radius 2 is 1.80 bits per heavy atom. The number of aliphatic hydroxyl groups excluding tert-OH is 2. The molecule has 0 aromatic heterocycles. The Kier molecular flexibility index (Phi) is 4.54. The maximum atomic E-state index is 11.7. The molecule has 0 bridgehead atoms. The van der Waals surface area contributed by atoms with E-state index in [4.69, 9.17) is 14.9 Å². The van der Waals surface area contributed by atoms with Gasteiger partial charge in [0.05, 0.1) is 13.2 Å². The lowest BCUT2D eigenvalue weighted by molar-refractivity contribution is -0.167. The van der Waals surface area contributed by atoms with Crippen molar-refractivity contribution in [3.8, 4) is 0 Å². The van der Waals surface area contributed by atoms with Crippen LogP contribution in [0.2, 0.25) is 0 Å². The summed E-state index contributed by atoms with van der Waals surface area (Å²) in [5.41, 5.74) is -1.16. The zero-order valence-corrected chi connectivity index (χ0v) is 9.24. The molecule has 0 saturated heterocycles. The first-order valence-corrected chi connectivity index (χ1v) is 5.55. The molecule has 0 amide bonds. The molecule has 4 heteroatoms. The highest BCUT2D eigenvalue weighted by molar-refractivity contribution is 5.76. The van der Waals surface area contributed by atoms with Crippen LogP contribution in [0.3, 0.4) is 0 Å². The lowest BCUT2D eigenvalue weighted by Crippen LogP contribution is -2.39. The molecule has 0 unspecified atom stereocenters. The summed E-state index contributed by atoms with van der Waals surface area (Å²) in [6, 6.07) is 0. The Morgan fingerprint density at radius 3 is 2.27 bits per heavy atom. The number of ether oxygens (including phenoxy) is 1. The van der Waals surface area contributed by atoms with Gasteiger partial charge < -0.3 is 14.9 Å². The topological polar surface area (TPSA) is 66.8 Å². The van der Waals surface area contributed by atoms with E-state index in [0.717, 1.165) is 25.7 Å². The van der Waals surface area contributed by atoms with E-state index in [9.17, 15) is 4.79 Å². The summed E-state index contributed by atoms with van der Waals surface area (Å²) in [7, 11) is 0. The maximum absolute atomic E-state index is 11.7. The minimum Gasteiger partial charge on any atom is -0.462 e. The van der Waals surface area contributed by atoms with Gasteiger partial charge in [0.2, 0.25) is 0 Å². The van der Waals surface area contributed by atoms with Crippen LogP contribution in [0.1, 0.15) is 39.0 Å². The molecule has 1 saturated carbocycles. The number of rotatable bonds is 4. The number of aliphatic hydroxyl groups is 2. The van der Waals surface area contributed by atoms with Crippen molar-refractivity contribution in [1.29, 1.82) is 0 Å². The summed E-state index contributed by atoms with van der Waals surface area (Å²) in [6.45, 7) is 0.752. The highest BCUT2D eigenvalue weighted by Gasteiger charge is 2.35. The van der Waals surface area contributed by atoms with Gasteiger partial charge in [0.15, 0.2) is 0 Å². The Balaban J connectivity index is 2.45. The fourth-order valence-electron chi connectivity index (χ4n) is 1.66. The van der Waals surface area contributed by atoms with Gasteiger partial charge in [-0.1, -0.05) is 6.42 Å². The fourth-order valence-corrected chi connectivity index (χ4v) is 1.66. The number of hydrogen-bond donors (Lipinski definition) is 2. The van der Waals surface area contributed by atoms with Crippen molar-refractivity contribution in [2.45, 2.75) is 45.1 Å². The molecule has 0 aromatic carbocycles. The minimum atomic E-state index is -1.16. The predicted octanol–water partition coefficient (Wildman–Crippen LogP) is 0.853. The van der Waals surface area contributed by atoms with Crippen LogP contribution in [0.15, 0.2) is 0 Å². The van der Waals surface area contributed by atoms with E-state index in [-0.39, 0.29) is 19.3 Å². The zero-order chi connectivity index (χ0) is 11.3. The van der Waals surface area contributed by atoms with Gasteiger partial charge in [-0.05, 0) is 32.6 Å². The normalized spacial score (nSPS) is 18.9. The first kappa shape index (κ1) is 12.5. The van der Waals surface area contributed by atoms with Crippen LogP contribution in [-0.2, 0) is 9.53 Å². The van der Waals surface area contributed by atoms with Crippen LogP contribution < -0.4 is 0 Å². The molecule has 4 nitrogen and oxygen atoms in total. The van der Waals surface area contributed by atoms with Crippen molar-refractivity contribution in [3.05, 3.63) is 0 Å². The van der Waals surface area contributed by atoms with Crippen LogP contribution in [0, 0.1) is 5.41 Å². The Labute approximate surface area is 90.2 Å². The van der Waals surface area contributed by atoms with Crippen molar-refractivity contribution < 1.29 is 19.7 Å². The molecule has 0 radical (unpaired) electrons. The highest BCUT2D eigenvalue weighted by Crippen LogP contribution is 2.24. The van der Waals surface area contributed by atoms with E-state index in [2.05, 4.69) is 0 Å². The first-order valence-electron chi connectivity index (χ1n) is 5.55. The van der Waals surface area contributed by atoms with Gasteiger partial charge in [-0.2, -0.15) is 0 Å². The van der Waals surface area contributed by atoms with Gasteiger partial charge >= 0.3 is 5.97 Å². The number of hydrogen-bond acceptors (Lipinski definition) is 4. The summed E-state index contributed by atoms with van der Waals surface area (Å²) in [5.74, 6) is -0.487. The second-order valence-electron chi connectivity index (χ2n) is 4.54. The van der Waals surface area contributed by atoms with E-state index in [1.807, 2.05) is 0 Å². The standard InChI is InChI=1S/C11H20O4/c1-11(7-12,8-13)10(14)15-9-5-3-2-4-6-9/h9,12-13H,2-8H2,1H3. The molecule has 1 fully saturated rings. The van der Waals surface area contributed by atoms with Gasteiger partial charge in [0.25, 0.3) is 0 Å². The molecule has 0 spiro atoms. The second kappa shape index (κ2) is 5.47. The van der Waals surface area contributed by atoms with Crippen molar-refractivity contribution in [3.63, 3.8) is 0 Å². The van der Waals surface area contributed by atoms with E-state index < -0.39 is 11.4 Å². The number of carbonyl (C=O) groups excluding carboxylic acids is 1. The lowest BCUT2D eigenvalue weighted by atomic mass is 9.92. The Morgan fingerprint density at radius 1 is 1.27 bits per heavy atom. The molecule has 15 heavy (non-hydrogen) atoms. The fraction of sp³-hybridized carbons (Fsp3) is 0.909. The third-order valence-electron chi connectivity index (χ3n) is 3.02. The SMILES string of the molecule is CC(CO)(CO)C(=O)OC1CCCCC1. The minimum absolute atomic E-state index is 0.0244. The average molecular weight is 216 g/mol. The van der Waals surface area contributed by atoms with Gasteiger partial charge in [-0.3, -0.25) is 4.79 Å². The summed E-state index contributed by atoms with van der Waals surface area (Å²) in [6.07, 6.45) is 5.16. The summed E-state index contributed by atoms with van der Waals surface area (Å²) in [5, 5.41) is 18.0. The van der Waals surface area contributed by atoms with E-state index in [1.165, 1.54) is 13.3 Å². The number of esters is 1. The molecule has 2 N–H and O–H groups in total. The van der Waals surface area contributed by atoms with Gasteiger partial charge in [-0.15, -0.1) is 0 Å². The van der Waals surface area contributed by atoms with Gasteiger partial charge in [0, 0.05) is 0 Å². The van der Waals surface area contributed by atoms with Crippen LogP contribution in [-0.4, -0.2) is 35.5 Å². The van der Waals surface area contributed by atoms with Crippen molar-refractivity contribution in [2.75, 3.05) is 13.2 Å². The smallest absolute Gasteiger partial charge is 0.316 e. The van der Waals surface area contributed by atoms with Crippen LogP contribution >= 0.6 is 0 Å². The highest BCUT2D eigenvalue weighted by atomic mass is 16.5. The maximum Gasteiger partial charge on any atom is 0.316 e. The van der Waals surface area contributed by atoms with Crippen molar-refractivity contribution >= 4 is 5.97 Å². The molecule has 1 aliphatic carbocycles. The van der Waals surface area contributed by atoms with Gasteiger partial charge in [0.1, 0.15) is 11.5 Å². The Hall–Kier alpha value is -0.610. The van der Waals surface area contributed by atoms with Crippen molar-refractivity contribution in [2.24, 2.45) is 5.41 Å². The molecule has 0 aliphatic heterocycles. The number of carbonyl (C=O) groups is 1. The third-order valence-corrected chi connectivity index (χ3v) is 3.02. The first-order chi connectivity index (χ1) is 7.12. The monoisotopic (exact) mass is 216 g/mol. The zero-order valence-electron chi connectivity index (χ0n) is 9.24. The average Bonchev–Trinajstić information content (AvgIpc) is 2.29. The van der Waals surface area contributed by atoms with E-state index in [1.54, 1.807) is 0 Å². The molecular formula is C11H20O4. The molecular weight excluding hydrogens is 196 g/mol. The van der Waals surface area contributed by atoms with Gasteiger partial charge in [-0.25, -0.2) is 0 Å². The quantitative estimate of drug-likeness (QED) is 0.684. The molecule has 88 valence electrons. The van der Waals surface area contributed by atoms with Crippen LogP contribution in [0.25, 0.3) is 0 Å². The largest absolute Gasteiger partial charge is 0.462 e. The van der Waals surface area contributed by atoms with E-state index in [0.29, 0.717) is 0 Å². The molecule has 0 atom stereocenters. The third kappa shape index (κ3) is 3.18. The van der Waals surface area contributed by atoms with Crippen molar-refractivity contribution in [1.82, 2.24) is 0 Å². The molecule has 0 heterocycles. The molecule has 0 aromatic rings. The summed E-state index contributed by atoms with van der Waals surface area (Å²) in [4.78, 5) is 11.7. The lowest BCUT2D eigenvalue weighted by Gasteiger charge is -2.28. The Bertz CT molecular complexity index is 205. The van der Waals surface area contributed by atoms with Crippen LogP contribution in [0.4, 0.5) is 0 Å². The second-order valence-corrected chi connectivity index (χ2v) is 4.54.